The fraction of sp³-hybridized carbons (Fsp3) is 0.280. The molecule has 3 heterocycles. The highest BCUT2D eigenvalue weighted by Gasteiger charge is 2.24. The van der Waals surface area contributed by atoms with Crippen LogP contribution in [0.1, 0.15) is 23.2 Å². The first-order valence-corrected chi connectivity index (χ1v) is 11.1. The summed E-state index contributed by atoms with van der Waals surface area (Å²) in [7, 11) is 3.26. The van der Waals surface area contributed by atoms with Crippen LogP contribution in [0.25, 0.3) is 33.7 Å². The summed E-state index contributed by atoms with van der Waals surface area (Å²) >= 11 is 0. The molecule has 2 N–H and O–H groups in total. The largest absolute Gasteiger partial charge is 0.496 e. The van der Waals surface area contributed by atoms with Crippen molar-refractivity contribution in [1.29, 1.82) is 0 Å². The number of rotatable bonds is 4. The highest BCUT2D eigenvalue weighted by molar-refractivity contribution is 5.96. The minimum Gasteiger partial charge on any atom is -0.496 e. The van der Waals surface area contributed by atoms with Gasteiger partial charge in [-0.15, -0.1) is 0 Å². The van der Waals surface area contributed by atoms with Crippen LogP contribution in [-0.4, -0.2) is 62.0 Å². The molecule has 0 spiro atoms. The highest BCUT2D eigenvalue weighted by Crippen LogP contribution is 2.31. The lowest BCUT2D eigenvalue weighted by molar-refractivity contribution is 0.0546. The summed E-state index contributed by atoms with van der Waals surface area (Å²) in [6.45, 7) is 1.03. The summed E-state index contributed by atoms with van der Waals surface area (Å²) in [6.07, 6.45) is 0.789. The average molecular weight is 460 g/mol. The molecule has 0 radical (unpaired) electrons. The Kier molecular flexibility index (Phi) is 5.62. The molecule has 4 aromatic rings. The molecule has 34 heavy (non-hydrogen) atoms. The van der Waals surface area contributed by atoms with Gasteiger partial charge in [0.15, 0.2) is 5.65 Å². The number of carbonyl (C=O) groups excluding carboxylic acids is 1. The maximum atomic E-state index is 13.1. The van der Waals surface area contributed by atoms with Crippen molar-refractivity contribution >= 4 is 16.9 Å². The van der Waals surface area contributed by atoms with Crippen LogP contribution in [0.3, 0.4) is 0 Å². The Labute approximate surface area is 195 Å². The van der Waals surface area contributed by atoms with Gasteiger partial charge in [-0.3, -0.25) is 9.59 Å². The number of H-pyrrole nitrogens is 1. The van der Waals surface area contributed by atoms with Gasteiger partial charge in [-0.25, -0.2) is 9.67 Å². The lowest BCUT2D eigenvalue weighted by atomic mass is 10.0. The van der Waals surface area contributed by atoms with Crippen molar-refractivity contribution in [2.75, 3.05) is 20.2 Å². The van der Waals surface area contributed by atoms with Crippen molar-refractivity contribution in [3.8, 4) is 28.4 Å². The van der Waals surface area contributed by atoms with E-state index >= 15 is 0 Å². The van der Waals surface area contributed by atoms with Gasteiger partial charge in [-0.05, 0) is 31.0 Å². The molecule has 0 bridgehead atoms. The number of nitrogens with one attached hydrogen (secondary N) is 1. The number of aromatic nitrogens is 4. The number of aryl methyl sites for hydroxylation is 1. The molecule has 1 saturated heterocycles. The van der Waals surface area contributed by atoms with Crippen LogP contribution in [0.5, 0.6) is 5.75 Å². The number of likely N-dealkylation sites (tertiary alicyclic amines) is 1. The van der Waals surface area contributed by atoms with Crippen molar-refractivity contribution in [3.63, 3.8) is 0 Å². The molecular formula is C25H25N5O4. The fourth-order valence-electron chi connectivity index (χ4n) is 4.35. The zero-order valence-corrected chi connectivity index (χ0v) is 19.0. The van der Waals surface area contributed by atoms with E-state index in [9.17, 15) is 14.7 Å². The van der Waals surface area contributed by atoms with Crippen molar-refractivity contribution in [1.82, 2.24) is 24.6 Å². The van der Waals surface area contributed by atoms with Gasteiger partial charge in [-0.2, -0.15) is 5.10 Å². The number of ether oxygens (including phenoxy) is 1. The molecule has 1 aliphatic rings. The van der Waals surface area contributed by atoms with Crippen molar-refractivity contribution < 1.29 is 14.6 Å². The fourth-order valence-corrected chi connectivity index (χ4v) is 4.35. The number of aliphatic hydroxyl groups is 1. The van der Waals surface area contributed by atoms with Gasteiger partial charge in [0, 0.05) is 31.3 Å². The number of carbonyl (C=O) groups is 1. The summed E-state index contributed by atoms with van der Waals surface area (Å²) in [5.41, 5.74) is 2.59. The molecule has 0 saturated carbocycles. The van der Waals surface area contributed by atoms with E-state index in [4.69, 9.17) is 4.74 Å². The number of aromatic amines is 1. The van der Waals surface area contributed by atoms with Gasteiger partial charge in [0.1, 0.15) is 22.7 Å². The first-order chi connectivity index (χ1) is 16.5. The Balaban J connectivity index is 1.54. The van der Waals surface area contributed by atoms with E-state index in [1.54, 1.807) is 34.8 Å². The molecule has 0 aliphatic carbocycles. The number of aliphatic hydroxyl groups excluding tert-OH is 1. The minimum absolute atomic E-state index is 0.118. The Hall–Kier alpha value is -3.98. The van der Waals surface area contributed by atoms with E-state index < -0.39 is 0 Å². The van der Waals surface area contributed by atoms with E-state index in [0.29, 0.717) is 65.4 Å². The molecule has 5 rings (SSSR count). The lowest BCUT2D eigenvalue weighted by Crippen LogP contribution is -2.40. The Morgan fingerprint density at radius 1 is 1.15 bits per heavy atom. The zero-order valence-electron chi connectivity index (χ0n) is 19.0. The van der Waals surface area contributed by atoms with Gasteiger partial charge in [-0.1, -0.05) is 30.3 Å². The van der Waals surface area contributed by atoms with E-state index in [-0.39, 0.29) is 17.6 Å². The number of hydrogen-bond donors (Lipinski definition) is 2. The first kappa shape index (κ1) is 21.8. The standard InChI is InChI=1S/C25H25N5O4/c1-29-23-20(21(28-29)15-6-4-3-5-7-15)24(32)27-22(26-23)18-9-8-16(14-19(18)34-2)25(33)30-12-10-17(31)11-13-30/h3-9,14,17,31H,10-13H2,1-2H3,(H,26,27,32). The lowest BCUT2D eigenvalue weighted by Gasteiger charge is -2.29. The van der Waals surface area contributed by atoms with E-state index in [2.05, 4.69) is 15.1 Å². The number of nitrogens with zero attached hydrogens (tertiary/aromatic N) is 4. The Bertz CT molecular complexity index is 1420. The molecular weight excluding hydrogens is 434 g/mol. The SMILES string of the molecule is COc1cc(C(=O)N2CCC(O)CC2)ccc1-c1nc2c(c(-c3ccccc3)nn2C)c(=O)[nH]1. The van der Waals surface area contributed by atoms with E-state index in [1.807, 2.05) is 30.3 Å². The van der Waals surface area contributed by atoms with Crippen LogP contribution >= 0.6 is 0 Å². The predicted octanol–water partition coefficient (Wildman–Crippen LogP) is 2.60. The van der Waals surface area contributed by atoms with Gasteiger partial charge < -0.3 is 19.7 Å². The molecule has 2 aromatic carbocycles. The maximum Gasteiger partial charge on any atom is 0.262 e. The van der Waals surface area contributed by atoms with Crippen LogP contribution < -0.4 is 10.3 Å². The normalized spacial score (nSPS) is 14.5. The van der Waals surface area contributed by atoms with Crippen molar-refractivity contribution in [3.05, 3.63) is 64.4 Å². The maximum absolute atomic E-state index is 13.1. The Morgan fingerprint density at radius 3 is 2.59 bits per heavy atom. The first-order valence-electron chi connectivity index (χ1n) is 11.1. The van der Waals surface area contributed by atoms with E-state index in [0.717, 1.165) is 5.56 Å². The quantitative estimate of drug-likeness (QED) is 0.485. The number of fused-ring (bicyclic) bond motifs is 1. The molecule has 174 valence electrons. The molecule has 9 heteroatoms. The number of methoxy groups -OCH3 is 1. The summed E-state index contributed by atoms with van der Waals surface area (Å²) < 4.78 is 7.15. The third-order valence-electron chi connectivity index (χ3n) is 6.20. The molecule has 1 aliphatic heterocycles. The summed E-state index contributed by atoms with van der Waals surface area (Å²) in [5, 5.41) is 14.6. The van der Waals surface area contributed by atoms with Crippen LogP contribution in [0.2, 0.25) is 0 Å². The van der Waals surface area contributed by atoms with Crippen LogP contribution in [0, 0.1) is 0 Å². The minimum atomic E-state index is -0.354. The average Bonchev–Trinajstić information content (AvgIpc) is 3.21. The van der Waals surface area contributed by atoms with Crippen LogP contribution in [-0.2, 0) is 7.05 Å². The van der Waals surface area contributed by atoms with Gasteiger partial charge >= 0.3 is 0 Å². The number of amides is 1. The van der Waals surface area contributed by atoms with Crippen molar-refractivity contribution in [2.45, 2.75) is 18.9 Å². The monoisotopic (exact) mass is 459 g/mol. The van der Waals surface area contributed by atoms with Crippen molar-refractivity contribution in [2.24, 2.45) is 7.05 Å². The van der Waals surface area contributed by atoms with E-state index in [1.165, 1.54) is 7.11 Å². The second-order valence-electron chi connectivity index (χ2n) is 8.39. The Morgan fingerprint density at radius 2 is 1.88 bits per heavy atom. The molecule has 0 atom stereocenters. The summed E-state index contributed by atoms with van der Waals surface area (Å²) in [6, 6.07) is 14.6. The second kappa shape index (κ2) is 8.75. The second-order valence-corrected chi connectivity index (χ2v) is 8.39. The number of hydrogen-bond acceptors (Lipinski definition) is 6. The summed E-state index contributed by atoms with van der Waals surface area (Å²) in [4.78, 5) is 35.3. The van der Waals surface area contributed by atoms with Gasteiger partial charge in [0.25, 0.3) is 11.5 Å². The summed E-state index contributed by atoms with van der Waals surface area (Å²) in [5.74, 6) is 0.640. The predicted molar refractivity (Wildman–Crippen MR) is 128 cm³/mol. The molecule has 1 amide bonds. The zero-order chi connectivity index (χ0) is 23.8. The molecule has 2 aromatic heterocycles. The molecule has 9 nitrogen and oxygen atoms in total. The number of piperidine rings is 1. The number of benzene rings is 2. The van der Waals surface area contributed by atoms with Crippen LogP contribution in [0.4, 0.5) is 0 Å². The third kappa shape index (κ3) is 3.84. The van der Waals surface area contributed by atoms with Crippen LogP contribution in [0.15, 0.2) is 53.3 Å². The smallest absolute Gasteiger partial charge is 0.262 e. The highest BCUT2D eigenvalue weighted by atomic mass is 16.5. The third-order valence-corrected chi connectivity index (χ3v) is 6.20. The van der Waals surface area contributed by atoms with Gasteiger partial charge in [0.05, 0.1) is 18.8 Å². The topological polar surface area (TPSA) is 113 Å². The molecule has 0 unspecified atom stereocenters. The molecule has 1 fully saturated rings. The van der Waals surface area contributed by atoms with Gasteiger partial charge in [0.2, 0.25) is 0 Å².